The first-order chi connectivity index (χ1) is 13.5. The van der Waals surface area contributed by atoms with E-state index in [1.54, 1.807) is 14.2 Å². The molecule has 1 aliphatic carbocycles. The summed E-state index contributed by atoms with van der Waals surface area (Å²) >= 11 is 0. The molecule has 0 aromatic heterocycles. The first-order valence-electron chi connectivity index (χ1n) is 9.88. The molecule has 0 bridgehead atoms. The van der Waals surface area contributed by atoms with Gasteiger partial charge >= 0.3 is 0 Å². The van der Waals surface area contributed by atoms with Gasteiger partial charge in [-0.25, -0.2) is 0 Å². The summed E-state index contributed by atoms with van der Waals surface area (Å²) in [7, 11) is 3.50. The fourth-order valence-electron chi connectivity index (χ4n) is 4.82. The second-order valence-corrected chi connectivity index (χ2v) is 7.98. The predicted molar refractivity (Wildman–Crippen MR) is 114 cm³/mol. The van der Waals surface area contributed by atoms with Gasteiger partial charge in [-0.1, -0.05) is 41.5 Å². The minimum Gasteiger partial charge on any atom is -0.507 e. The van der Waals surface area contributed by atoms with Crippen molar-refractivity contribution in [2.75, 3.05) is 27.4 Å². The van der Waals surface area contributed by atoms with E-state index < -0.39 is 0 Å². The van der Waals surface area contributed by atoms with E-state index in [1.807, 2.05) is 6.07 Å². The maximum Gasteiger partial charge on any atom is 0.123 e. The lowest BCUT2D eigenvalue weighted by atomic mass is 9.72. The zero-order valence-corrected chi connectivity index (χ0v) is 17.1. The van der Waals surface area contributed by atoms with Crippen LogP contribution in [-0.4, -0.2) is 32.5 Å². The highest BCUT2D eigenvalue weighted by Gasteiger charge is 2.43. The Morgan fingerprint density at radius 3 is 2.11 bits per heavy atom. The smallest absolute Gasteiger partial charge is 0.123 e. The highest BCUT2D eigenvalue weighted by molar-refractivity contribution is 6.05. The van der Waals surface area contributed by atoms with Gasteiger partial charge in [0.1, 0.15) is 5.75 Å². The first kappa shape index (κ1) is 19.0. The van der Waals surface area contributed by atoms with Crippen LogP contribution in [0.15, 0.2) is 42.5 Å². The summed E-state index contributed by atoms with van der Waals surface area (Å²) in [6.45, 7) is 5.51. The van der Waals surface area contributed by atoms with Crippen molar-refractivity contribution in [1.29, 1.82) is 0 Å². The van der Waals surface area contributed by atoms with Crippen molar-refractivity contribution in [3.8, 4) is 16.9 Å². The number of phenols is 1. The number of hydrogen-bond acceptors (Lipinski definition) is 3. The summed E-state index contributed by atoms with van der Waals surface area (Å²) < 4.78 is 11.0. The second-order valence-electron chi connectivity index (χ2n) is 7.98. The highest BCUT2D eigenvalue weighted by atomic mass is 16.5. The summed E-state index contributed by atoms with van der Waals surface area (Å²) in [5, 5.41) is 12.9. The molecule has 28 heavy (non-hydrogen) atoms. The van der Waals surface area contributed by atoms with Crippen molar-refractivity contribution in [3.63, 3.8) is 0 Å². The van der Waals surface area contributed by atoms with Crippen LogP contribution in [0.2, 0.25) is 0 Å². The van der Waals surface area contributed by atoms with Gasteiger partial charge in [-0.05, 0) is 66.5 Å². The number of phenolic OH excluding ortho intramolecular Hbond substituents is 1. The van der Waals surface area contributed by atoms with Crippen molar-refractivity contribution in [2.24, 2.45) is 0 Å². The lowest BCUT2D eigenvalue weighted by molar-refractivity contribution is 0.145. The molecule has 0 saturated carbocycles. The molecule has 1 N–H and O–H groups in total. The normalized spacial score (nSPS) is 14.3. The van der Waals surface area contributed by atoms with Crippen LogP contribution in [0.25, 0.3) is 21.9 Å². The van der Waals surface area contributed by atoms with E-state index in [0.29, 0.717) is 19.0 Å². The van der Waals surface area contributed by atoms with E-state index in [9.17, 15) is 5.11 Å². The minimum atomic E-state index is -0.223. The minimum absolute atomic E-state index is 0.223. The average Bonchev–Trinajstić information content (AvgIpc) is 2.94. The van der Waals surface area contributed by atoms with Crippen LogP contribution in [0.3, 0.4) is 0 Å². The van der Waals surface area contributed by atoms with Crippen molar-refractivity contribution < 1.29 is 14.6 Å². The van der Waals surface area contributed by atoms with E-state index in [-0.39, 0.29) is 5.41 Å². The summed E-state index contributed by atoms with van der Waals surface area (Å²) in [4.78, 5) is 0. The van der Waals surface area contributed by atoms with Crippen LogP contribution in [0.5, 0.6) is 5.75 Å². The Hall–Kier alpha value is -2.36. The number of fused-ring (bicyclic) bond motifs is 5. The molecule has 0 atom stereocenters. The van der Waals surface area contributed by atoms with Gasteiger partial charge in [0.25, 0.3) is 0 Å². The van der Waals surface area contributed by atoms with Crippen LogP contribution in [0.4, 0.5) is 0 Å². The van der Waals surface area contributed by atoms with E-state index in [2.05, 4.69) is 50.2 Å². The molecule has 3 aromatic rings. The zero-order chi connectivity index (χ0) is 19.9. The van der Waals surface area contributed by atoms with Crippen LogP contribution in [0.1, 0.15) is 35.1 Å². The molecule has 3 aromatic carbocycles. The fraction of sp³-hybridized carbons (Fsp3) is 0.360. The molecule has 0 fully saturated rings. The molecule has 0 spiro atoms. The van der Waals surface area contributed by atoms with Crippen molar-refractivity contribution in [2.45, 2.75) is 32.1 Å². The Labute approximate surface area is 166 Å². The summed E-state index contributed by atoms with van der Waals surface area (Å²) in [6.07, 6.45) is 1.71. The standard InChI is InChI=1S/C25H28O3/c1-16-5-7-18-20(13-16)23(26)15-22-24(18)19-8-6-17(2)14-21(19)25(22,9-11-27-3)10-12-28-4/h5-8,13-15,26H,9-12H2,1-4H3. The quantitative estimate of drug-likeness (QED) is 0.617. The van der Waals surface area contributed by atoms with Crippen molar-refractivity contribution >= 4 is 10.8 Å². The molecule has 3 heteroatoms. The Bertz CT molecular complexity index is 1030. The van der Waals surface area contributed by atoms with Gasteiger partial charge in [0, 0.05) is 38.2 Å². The topological polar surface area (TPSA) is 38.7 Å². The lowest BCUT2D eigenvalue weighted by Crippen LogP contribution is -2.29. The molecular weight excluding hydrogens is 348 g/mol. The van der Waals surface area contributed by atoms with E-state index >= 15 is 0 Å². The van der Waals surface area contributed by atoms with Gasteiger partial charge in [-0.3, -0.25) is 0 Å². The molecule has 1 aliphatic rings. The summed E-state index contributed by atoms with van der Waals surface area (Å²) in [6, 6.07) is 15.0. The third-order valence-electron chi connectivity index (χ3n) is 6.21. The van der Waals surface area contributed by atoms with Crippen LogP contribution in [0, 0.1) is 13.8 Å². The molecule has 0 unspecified atom stereocenters. The molecule has 4 rings (SSSR count). The van der Waals surface area contributed by atoms with Crippen molar-refractivity contribution in [1.82, 2.24) is 0 Å². The molecule has 0 aliphatic heterocycles. The maximum atomic E-state index is 10.9. The SMILES string of the molecule is COCCC1(CCOC)c2cc(C)ccc2-c2c1cc(O)c1cc(C)ccc21. The van der Waals surface area contributed by atoms with E-state index in [4.69, 9.17) is 9.47 Å². The van der Waals surface area contributed by atoms with Gasteiger partial charge in [-0.2, -0.15) is 0 Å². The maximum absolute atomic E-state index is 10.9. The van der Waals surface area contributed by atoms with Gasteiger partial charge in [0.2, 0.25) is 0 Å². The Balaban J connectivity index is 2.09. The first-order valence-corrected chi connectivity index (χ1v) is 9.88. The van der Waals surface area contributed by atoms with Crippen molar-refractivity contribution in [3.05, 3.63) is 64.7 Å². The number of rotatable bonds is 6. The third kappa shape index (κ3) is 2.81. The number of hydrogen-bond donors (Lipinski definition) is 1. The molecule has 0 saturated heterocycles. The number of aryl methyl sites for hydroxylation is 2. The molecule has 0 radical (unpaired) electrons. The van der Waals surface area contributed by atoms with Gasteiger partial charge in [0.05, 0.1) is 0 Å². The average molecular weight is 376 g/mol. The molecule has 0 amide bonds. The number of aromatic hydroxyl groups is 1. The zero-order valence-electron chi connectivity index (χ0n) is 17.1. The molecule has 0 heterocycles. The Morgan fingerprint density at radius 1 is 0.786 bits per heavy atom. The lowest BCUT2D eigenvalue weighted by Gasteiger charge is -2.32. The number of methoxy groups -OCH3 is 2. The summed E-state index contributed by atoms with van der Waals surface area (Å²) in [5.74, 6) is 0.348. The Morgan fingerprint density at radius 2 is 1.43 bits per heavy atom. The fourth-order valence-corrected chi connectivity index (χ4v) is 4.82. The second kappa shape index (κ2) is 7.23. The van der Waals surface area contributed by atoms with Gasteiger partial charge < -0.3 is 14.6 Å². The van der Waals surface area contributed by atoms with E-state index in [1.165, 1.54) is 27.8 Å². The largest absolute Gasteiger partial charge is 0.507 e. The molecular formula is C25H28O3. The predicted octanol–water partition coefficient (Wildman–Crippen LogP) is 5.50. The van der Waals surface area contributed by atoms with Crippen LogP contribution < -0.4 is 0 Å². The molecule has 146 valence electrons. The van der Waals surface area contributed by atoms with Gasteiger partial charge in [-0.15, -0.1) is 0 Å². The number of benzene rings is 3. The third-order valence-corrected chi connectivity index (χ3v) is 6.21. The van der Waals surface area contributed by atoms with Gasteiger partial charge in [0.15, 0.2) is 0 Å². The highest BCUT2D eigenvalue weighted by Crippen LogP contribution is 2.56. The Kier molecular flexibility index (Phi) is 4.90. The summed E-state index contributed by atoms with van der Waals surface area (Å²) in [5.41, 5.74) is 7.20. The number of ether oxygens (including phenoxy) is 2. The monoisotopic (exact) mass is 376 g/mol. The van der Waals surface area contributed by atoms with Crippen LogP contribution in [-0.2, 0) is 14.9 Å². The molecule has 3 nitrogen and oxygen atoms in total. The van der Waals surface area contributed by atoms with Crippen LogP contribution >= 0.6 is 0 Å². The van der Waals surface area contributed by atoms with E-state index in [0.717, 1.165) is 29.2 Å².